The van der Waals surface area contributed by atoms with Crippen LogP contribution in [0.3, 0.4) is 0 Å². The molecule has 1 aromatic rings. The predicted molar refractivity (Wildman–Crippen MR) is 83.2 cm³/mol. The summed E-state index contributed by atoms with van der Waals surface area (Å²) < 4.78 is 2.56. The maximum atomic E-state index is 12.1. The van der Waals surface area contributed by atoms with Gasteiger partial charge in [-0.15, -0.1) is 0 Å². The molecule has 0 aliphatic carbocycles. The molecule has 0 fully saturated rings. The van der Waals surface area contributed by atoms with Crippen molar-refractivity contribution in [1.82, 2.24) is 9.13 Å². The minimum atomic E-state index is -0.374. The van der Waals surface area contributed by atoms with Gasteiger partial charge in [0.05, 0.1) is 0 Å². The normalized spacial score (nSPS) is 11.2. The number of unbranched alkanes of at least 4 members (excludes halogenated alkanes) is 1. The monoisotopic (exact) mass is 280 g/mol. The Morgan fingerprint density at radius 3 is 2.65 bits per heavy atom. The molecule has 1 rings (SSSR count). The van der Waals surface area contributed by atoms with Gasteiger partial charge in [-0.05, 0) is 19.8 Å². The fourth-order valence-corrected chi connectivity index (χ4v) is 1.93. The van der Waals surface area contributed by atoms with Crippen LogP contribution in [0, 0.1) is 0 Å². The highest BCUT2D eigenvalue weighted by Crippen LogP contribution is 2.11. The summed E-state index contributed by atoms with van der Waals surface area (Å²) in [6.07, 6.45) is 6.55. The fourth-order valence-electron chi connectivity index (χ4n) is 1.93. The van der Waals surface area contributed by atoms with E-state index in [0.29, 0.717) is 18.8 Å². The van der Waals surface area contributed by atoms with E-state index in [4.69, 9.17) is 5.73 Å². The molecule has 6 nitrogen and oxygen atoms in total. The van der Waals surface area contributed by atoms with Crippen LogP contribution in [0.2, 0.25) is 0 Å². The summed E-state index contributed by atoms with van der Waals surface area (Å²) in [5, 5.41) is 3.03. The highest BCUT2D eigenvalue weighted by Gasteiger charge is 2.14. The van der Waals surface area contributed by atoms with E-state index in [1.807, 2.05) is 26.0 Å². The Bertz CT molecular complexity index is 584. The van der Waals surface area contributed by atoms with Gasteiger partial charge in [-0.2, -0.15) is 0 Å². The van der Waals surface area contributed by atoms with Crippen molar-refractivity contribution in [2.24, 2.45) is 7.05 Å². The first kappa shape index (κ1) is 16.1. The summed E-state index contributed by atoms with van der Waals surface area (Å²) >= 11 is 0. The highest BCUT2D eigenvalue weighted by atomic mass is 16.2. The van der Waals surface area contributed by atoms with Crippen LogP contribution < -0.4 is 22.3 Å². The average molecular weight is 280 g/mol. The highest BCUT2D eigenvalue weighted by molar-refractivity contribution is 5.60. The van der Waals surface area contributed by atoms with E-state index in [9.17, 15) is 9.59 Å². The summed E-state index contributed by atoms with van der Waals surface area (Å²) in [5.74, 6) is 0.229. The van der Waals surface area contributed by atoms with Crippen molar-refractivity contribution in [2.75, 3.05) is 17.6 Å². The Morgan fingerprint density at radius 1 is 1.35 bits per heavy atom. The number of nitrogens with zero attached hydrogens (tertiary/aromatic N) is 2. The molecule has 0 atom stereocenters. The van der Waals surface area contributed by atoms with Crippen LogP contribution >= 0.6 is 0 Å². The van der Waals surface area contributed by atoms with Gasteiger partial charge in [0.25, 0.3) is 5.56 Å². The lowest BCUT2D eigenvalue weighted by molar-refractivity contribution is 0.575. The van der Waals surface area contributed by atoms with E-state index in [1.165, 1.54) is 11.6 Å². The average Bonchev–Trinajstić information content (AvgIpc) is 2.44. The zero-order valence-corrected chi connectivity index (χ0v) is 12.5. The third-order valence-electron chi connectivity index (χ3n) is 3.17. The molecule has 0 saturated heterocycles. The summed E-state index contributed by atoms with van der Waals surface area (Å²) in [6, 6.07) is 0. The first-order chi connectivity index (χ1) is 9.54. The summed E-state index contributed by atoms with van der Waals surface area (Å²) in [4.78, 5) is 24.1. The maximum absolute atomic E-state index is 12.1. The molecule has 0 radical (unpaired) electrons. The van der Waals surface area contributed by atoms with Gasteiger partial charge in [-0.3, -0.25) is 13.9 Å². The van der Waals surface area contributed by atoms with Crippen molar-refractivity contribution in [3.05, 3.63) is 33.0 Å². The molecule has 6 heteroatoms. The van der Waals surface area contributed by atoms with E-state index in [2.05, 4.69) is 5.32 Å². The van der Waals surface area contributed by atoms with Crippen LogP contribution in [0.15, 0.2) is 21.7 Å². The van der Waals surface area contributed by atoms with Crippen molar-refractivity contribution in [1.29, 1.82) is 0 Å². The standard InChI is InChI=1S/C14H24N4O2/c1-4-6-8-9-16-11-12(15)18(10-7-5-2)14(20)17(3)13(11)19/h4,6,16H,5,7-10,15H2,1-3H3/b6-4+. The first-order valence-electron chi connectivity index (χ1n) is 6.98. The molecule has 1 heterocycles. The molecule has 112 valence electrons. The second-order valence-electron chi connectivity index (χ2n) is 4.70. The van der Waals surface area contributed by atoms with Gasteiger partial charge in [0, 0.05) is 20.1 Å². The lowest BCUT2D eigenvalue weighted by Crippen LogP contribution is -2.40. The lowest BCUT2D eigenvalue weighted by Gasteiger charge is -2.15. The maximum Gasteiger partial charge on any atom is 0.332 e. The van der Waals surface area contributed by atoms with Gasteiger partial charge >= 0.3 is 5.69 Å². The van der Waals surface area contributed by atoms with Gasteiger partial charge in [0.15, 0.2) is 0 Å². The molecule has 1 aromatic heterocycles. The van der Waals surface area contributed by atoms with Crippen LogP contribution in [-0.2, 0) is 13.6 Å². The number of hydrogen-bond donors (Lipinski definition) is 2. The molecular weight excluding hydrogens is 256 g/mol. The third-order valence-corrected chi connectivity index (χ3v) is 3.17. The van der Waals surface area contributed by atoms with Crippen molar-refractivity contribution < 1.29 is 0 Å². The smallest absolute Gasteiger partial charge is 0.332 e. The molecule has 0 unspecified atom stereocenters. The summed E-state index contributed by atoms with van der Waals surface area (Å²) in [6.45, 7) is 5.12. The molecule has 0 amide bonds. The van der Waals surface area contributed by atoms with E-state index >= 15 is 0 Å². The Balaban J connectivity index is 3.13. The zero-order valence-electron chi connectivity index (χ0n) is 12.5. The molecule has 3 N–H and O–H groups in total. The van der Waals surface area contributed by atoms with Crippen LogP contribution in [-0.4, -0.2) is 15.7 Å². The van der Waals surface area contributed by atoms with E-state index in [1.54, 1.807) is 0 Å². The molecule has 0 aliphatic heterocycles. The van der Waals surface area contributed by atoms with E-state index < -0.39 is 0 Å². The zero-order chi connectivity index (χ0) is 15.1. The lowest BCUT2D eigenvalue weighted by atomic mass is 10.3. The quantitative estimate of drug-likeness (QED) is 0.583. The number of allylic oxidation sites excluding steroid dienone is 1. The summed E-state index contributed by atoms with van der Waals surface area (Å²) in [7, 11) is 1.48. The number of nitrogens with two attached hydrogens (primary N) is 1. The molecule has 0 aromatic carbocycles. The third kappa shape index (κ3) is 3.53. The molecule has 0 aliphatic rings. The van der Waals surface area contributed by atoms with Crippen LogP contribution in [0.25, 0.3) is 0 Å². The summed E-state index contributed by atoms with van der Waals surface area (Å²) in [5.41, 5.74) is 5.56. The van der Waals surface area contributed by atoms with E-state index in [0.717, 1.165) is 23.8 Å². The van der Waals surface area contributed by atoms with E-state index in [-0.39, 0.29) is 17.1 Å². The number of hydrogen-bond acceptors (Lipinski definition) is 4. The second kappa shape index (κ2) is 7.57. The SMILES string of the molecule is C/C=C/CCNc1c(N)n(CCCC)c(=O)n(C)c1=O. The van der Waals surface area contributed by atoms with Crippen LogP contribution in [0.4, 0.5) is 11.5 Å². The van der Waals surface area contributed by atoms with Crippen molar-refractivity contribution in [3.63, 3.8) is 0 Å². The number of nitrogen functional groups attached to an aromatic ring is 1. The van der Waals surface area contributed by atoms with Gasteiger partial charge in [-0.25, -0.2) is 4.79 Å². The van der Waals surface area contributed by atoms with Crippen molar-refractivity contribution in [3.8, 4) is 0 Å². The van der Waals surface area contributed by atoms with Crippen molar-refractivity contribution in [2.45, 2.75) is 39.7 Å². The number of nitrogens with one attached hydrogen (secondary N) is 1. The van der Waals surface area contributed by atoms with Crippen LogP contribution in [0.1, 0.15) is 33.1 Å². The van der Waals surface area contributed by atoms with Gasteiger partial charge in [-0.1, -0.05) is 25.5 Å². The van der Waals surface area contributed by atoms with Crippen LogP contribution in [0.5, 0.6) is 0 Å². The van der Waals surface area contributed by atoms with Gasteiger partial charge in [0.1, 0.15) is 11.5 Å². The molecular formula is C14H24N4O2. The molecule has 0 spiro atoms. The number of rotatable bonds is 7. The largest absolute Gasteiger partial charge is 0.383 e. The first-order valence-corrected chi connectivity index (χ1v) is 6.98. The predicted octanol–water partition coefficient (Wildman–Crippen LogP) is 1.31. The number of aromatic nitrogens is 2. The van der Waals surface area contributed by atoms with Crippen molar-refractivity contribution >= 4 is 11.5 Å². The van der Waals surface area contributed by atoms with Gasteiger partial charge < -0.3 is 11.1 Å². The Hall–Kier alpha value is -1.98. The topological polar surface area (TPSA) is 82.0 Å². The fraction of sp³-hybridized carbons (Fsp3) is 0.571. The molecule has 0 saturated carbocycles. The Morgan fingerprint density at radius 2 is 2.05 bits per heavy atom. The Labute approximate surface area is 118 Å². The minimum Gasteiger partial charge on any atom is -0.383 e. The molecule has 0 bridgehead atoms. The number of anilines is 2. The van der Waals surface area contributed by atoms with Gasteiger partial charge in [0.2, 0.25) is 0 Å². The Kier molecular flexibility index (Phi) is 6.09. The second-order valence-corrected chi connectivity index (χ2v) is 4.70. The molecule has 20 heavy (non-hydrogen) atoms. The minimum absolute atomic E-state index is 0.229.